The van der Waals surface area contributed by atoms with E-state index in [2.05, 4.69) is 174 Å². The highest BCUT2D eigenvalue weighted by Crippen LogP contribution is 2.46. The van der Waals surface area contributed by atoms with Gasteiger partial charge in [0, 0.05) is 64.1 Å². The van der Waals surface area contributed by atoms with E-state index in [0.29, 0.717) is 17.5 Å². The molecule has 0 amide bonds. The van der Waals surface area contributed by atoms with Crippen molar-refractivity contribution in [2.75, 3.05) is 0 Å². The molecule has 4 aromatic heterocycles. The Labute approximate surface area is 353 Å². The largest absolute Gasteiger partial charge is 0.454 e. The van der Waals surface area contributed by atoms with Gasteiger partial charge in [-0.1, -0.05) is 140 Å². The molecule has 4 heterocycles. The number of para-hydroxylation sites is 2. The van der Waals surface area contributed by atoms with Gasteiger partial charge in [0.05, 0.1) is 11.0 Å². The maximum absolute atomic E-state index is 6.80. The molecule has 9 aromatic carbocycles. The molecule has 0 spiro atoms. The number of furan rings is 1. The van der Waals surface area contributed by atoms with Gasteiger partial charge >= 0.3 is 0 Å². The van der Waals surface area contributed by atoms with Crippen LogP contribution in [0.4, 0.5) is 0 Å². The van der Waals surface area contributed by atoms with Crippen molar-refractivity contribution in [1.82, 2.24) is 19.5 Å². The molecule has 6 heteroatoms. The van der Waals surface area contributed by atoms with Crippen molar-refractivity contribution in [3.05, 3.63) is 194 Å². The molecule has 5 nitrogen and oxygen atoms in total. The molecular formula is C55H32N4OS. The van der Waals surface area contributed by atoms with Gasteiger partial charge in [-0.25, -0.2) is 15.0 Å². The van der Waals surface area contributed by atoms with Crippen molar-refractivity contribution < 1.29 is 4.42 Å². The van der Waals surface area contributed by atoms with Gasteiger partial charge in [0.2, 0.25) is 0 Å². The Bertz CT molecular complexity index is 3870. The van der Waals surface area contributed by atoms with E-state index in [0.717, 1.165) is 60.7 Å². The lowest BCUT2D eigenvalue weighted by Crippen LogP contribution is -2.01. The van der Waals surface area contributed by atoms with E-state index in [9.17, 15) is 0 Å². The first kappa shape index (κ1) is 34.0. The van der Waals surface area contributed by atoms with Crippen LogP contribution in [0.3, 0.4) is 0 Å². The Hall–Kier alpha value is -7.93. The molecule has 0 unspecified atom stereocenters. The van der Waals surface area contributed by atoms with E-state index in [-0.39, 0.29) is 0 Å². The van der Waals surface area contributed by atoms with Crippen LogP contribution >= 0.6 is 11.3 Å². The molecule has 61 heavy (non-hydrogen) atoms. The van der Waals surface area contributed by atoms with Gasteiger partial charge in [0.15, 0.2) is 23.1 Å². The fourth-order valence-electron chi connectivity index (χ4n) is 9.32. The summed E-state index contributed by atoms with van der Waals surface area (Å²) < 4.78 is 11.6. The lowest BCUT2D eigenvalue weighted by atomic mass is 9.99. The fourth-order valence-corrected chi connectivity index (χ4v) is 10.4. The predicted molar refractivity (Wildman–Crippen MR) is 254 cm³/mol. The number of hydrogen-bond acceptors (Lipinski definition) is 5. The van der Waals surface area contributed by atoms with Gasteiger partial charge in [-0.15, -0.1) is 11.3 Å². The summed E-state index contributed by atoms with van der Waals surface area (Å²) in [5, 5.41) is 9.36. The van der Waals surface area contributed by atoms with Gasteiger partial charge in [0.1, 0.15) is 5.58 Å². The summed E-state index contributed by atoms with van der Waals surface area (Å²) in [7, 11) is 0. The molecule has 0 aliphatic carbocycles. The summed E-state index contributed by atoms with van der Waals surface area (Å²) in [6, 6.07) is 68.3. The highest BCUT2D eigenvalue weighted by Gasteiger charge is 2.23. The number of rotatable bonds is 5. The lowest BCUT2D eigenvalue weighted by Gasteiger charge is -2.12. The summed E-state index contributed by atoms with van der Waals surface area (Å²) in [6.07, 6.45) is 0. The standard InChI is InChI=1S/C55H32N4OS/c1-3-14-33(15-4-1)36-28-31-46-43(32-36)48-42(22-13-25-47(48)61-46)55-57-53(34-16-5-2-6-17-34)56-54(58-55)35-26-29-37(30-27-35)59-44-23-11-9-20-40(44)49-38-18-7-8-19-39(38)50-41-21-10-12-24-45(41)60-52(50)51(49)59/h1-32H. The van der Waals surface area contributed by atoms with E-state index in [1.807, 2.05) is 24.3 Å². The van der Waals surface area contributed by atoms with Crippen molar-refractivity contribution in [2.45, 2.75) is 0 Å². The zero-order valence-electron chi connectivity index (χ0n) is 32.6. The Morgan fingerprint density at radius 1 is 0.393 bits per heavy atom. The number of benzene rings is 9. The Kier molecular flexibility index (Phi) is 7.41. The molecule has 0 saturated carbocycles. The Balaban J connectivity index is 1.01. The predicted octanol–water partition coefficient (Wildman–Crippen LogP) is 15.1. The minimum absolute atomic E-state index is 0.616. The maximum atomic E-state index is 6.80. The molecule has 0 atom stereocenters. The average molecular weight is 797 g/mol. The van der Waals surface area contributed by atoms with Crippen LogP contribution in [0.1, 0.15) is 0 Å². The molecule has 0 aliphatic heterocycles. The quantitative estimate of drug-likeness (QED) is 0.174. The van der Waals surface area contributed by atoms with Crippen LogP contribution in [0.15, 0.2) is 199 Å². The average Bonchev–Trinajstić information content (AvgIpc) is 4.02. The monoisotopic (exact) mass is 796 g/mol. The van der Waals surface area contributed by atoms with Gasteiger partial charge < -0.3 is 8.98 Å². The summed E-state index contributed by atoms with van der Waals surface area (Å²) in [6.45, 7) is 0. The molecule has 0 aliphatic rings. The minimum Gasteiger partial charge on any atom is -0.454 e. The number of nitrogens with zero attached hydrogens (tertiary/aromatic N) is 4. The van der Waals surface area contributed by atoms with Gasteiger partial charge in [-0.05, 0) is 76.5 Å². The van der Waals surface area contributed by atoms with Crippen molar-refractivity contribution in [3.8, 4) is 51.0 Å². The molecule has 0 radical (unpaired) electrons. The number of fused-ring (bicyclic) bond motifs is 13. The topological polar surface area (TPSA) is 56.7 Å². The molecule has 0 fully saturated rings. The van der Waals surface area contributed by atoms with Crippen LogP contribution in [0.25, 0.3) is 126 Å². The van der Waals surface area contributed by atoms with Crippen LogP contribution in [0.2, 0.25) is 0 Å². The second kappa shape index (κ2) is 13.3. The van der Waals surface area contributed by atoms with Gasteiger partial charge in [-0.2, -0.15) is 0 Å². The van der Waals surface area contributed by atoms with E-state index in [1.54, 1.807) is 11.3 Å². The van der Waals surface area contributed by atoms with Crippen molar-refractivity contribution in [3.63, 3.8) is 0 Å². The maximum Gasteiger partial charge on any atom is 0.164 e. The third-order valence-corrected chi connectivity index (χ3v) is 13.2. The van der Waals surface area contributed by atoms with E-state index >= 15 is 0 Å². The first-order valence-electron chi connectivity index (χ1n) is 20.4. The Morgan fingerprint density at radius 3 is 1.77 bits per heavy atom. The van der Waals surface area contributed by atoms with E-state index in [1.165, 1.54) is 47.5 Å². The smallest absolute Gasteiger partial charge is 0.164 e. The van der Waals surface area contributed by atoms with Crippen LogP contribution in [-0.4, -0.2) is 19.5 Å². The van der Waals surface area contributed by atoms with Crippen molar-refractivity contribution in [1.29, 1.82) is 0 Å². The molecule has 0 N–H and O–H groups in total. The van der Waals surface area contributed by atoms with Crippen molar-refractivity contribution >= 4 is 86.0 Å². The fraction of sp³-hybridized carbons (Fsp3) is 0. The molecule has 13 rings (SSSR count). The third-order valence-electron chi connectivity index (χ3n) is 12.0. The first-order valence-corrected chi connectivity index (χ1v) is 21.3. The molecule has 0 saturated heterocycles. The second-order valence-corrected chi connectivity index (χ2v) is 16.6. The highest BCUT2D eigenvalue weighted by atomic mass is 32.1. The lowest BCUT2D eigenvalue weighted by molar-refractivity contribution is 0.671. The molecule has 0 bridgehead atoms. The SMILES string of the molecule is c1ccc(-c2ccc3sc4cccc(-c5nc(-c6ccccc6)nc(-c6ccc(-n7c8ccccc8c8c9ccccc9c9c%10ccccc%10oc9c87)cc6)n5)c4c3c2)cc1. The van der Waals surface area contributed by atoms with E-state index < -0.39 is 0 Å². The van der Waals surface area contributed by atoms with E-state index in [4.69, 9.17) is 19.4 Å². The molecule has 13 aromatic rings. The van der Waals surface area contributed by atoms with Crippen LogP contribution < -0.4 is 0 Å². The molecular weight excluding hydrogens is 765 g/mol. The second-order valence-electron chi connectivity index (χ2n) is 15.5. The zero-order valence-corrected chi connectivity index (χ0v) is 33.4. The zero-order chi connectivity index (χ0) is 40.0. The van der Waals surface area contributed by atoms with Crippen LogP contribution in [0, 0.1) is 0 Å². The summed E-state index contributed by atoms with van der Waals surface area (Å²) in [4.78, 5) is 15.6. The highest BCUT2D eigenvalue weighted by molar-refractivity contribution is 7.26. The van der Waals surface area contributed by atoms with Crippen LogP contribution in [-0.2, 0) is 0 Å². The molecule has 284 valence electrons. The van der Waals surface area contributed by atoms with Crippen LogP contribution in [0.5, 0.6) is 0 Å². The summed E-state index contributed by atoms with van der Waals surface area (Å²) in [5.74, 6) is 1.89. The first-order chi connectivity index (χ1) is 30.2. The third kappa shape index (κ3) is 5.22. The normalized spacial score (nSPS) is 11.9. The van der Waals surface area contributed by atoms with Gasteiger partial charge in [0.25, 0.3) is 0 Å². The van der Waals surface area contributed by atoms with Gasteiger partial charge in [-0.3, -0.25) is 0 Å². The van der Waals surface area contributed by atoms with Crippen molar-refractivity contribution in [2.24, 2.45) is 0 Å². The number of hydrogen-bond donors (Lipinski definition) is 0. The number of thiophene rings is 1. The summed E-state index contributed by atoms with van der Waals surface area (Å²) >= 11 is 1.80. The minimum atomic E-state index is 0.616. The summed E-state index contributed by atoms with van der Waals surface area (Å²) in [5.41, 5.74) is 10.1. The number of aromatic nitrogens is 4. The Morgan fingerprint density at radius 2 is 1.00 bits per heavy atom.